The summed E-state index contributed by atoms with van der Waals surface area (Å²) in [6, 6.07) is 19.4. The van der Waals surface area contributed by atoms with Gasteiger partial charge in [-0.2, -0.15) is 0 Å². The van der Waals surface area contributed by atoms with Gasteiger partial charge in [-0.25, -0.2) is 4.79 Å². The number of H-pyrrole nitrogens is 1. The Morgan fingerprint density at radius 3 is 2.39 bits per heavy atom. The van der Waals surface area contributed by atoms with Crippen LogP contribution in [0.5, 0.6) is 0 Å². The summed E-state index contributed by atoms with van der Waals surface area (Å²) in [6.07, 6.45) is 1.78. The first-order valence-electron chi connectivity index (χ1n) is 9.06. The fraction of sp³-hybridized carbons (Fsp3) is 0.182. The molecule has 28 heavy (non-hydrogen) atoms. The molecule has 0 aliphatic rings. The van der Waals surface area contributed by atoms with Crippen LogP contribution in [0.2, 0.25) is 0 Å². The average Bonchev–Trinajstić information content (AvgIpc) is 3.16. The van der Waals surface area contributed by atoms with Gasteiger partial charge in [0.2, 0.25) is 5.91 Å². The number of carbonyl (C=O) groups excluding carboxylic acids is 2. The summed E-state index contributed by atoms with van der Waals surface area (Å²) >= 11 is 1.29. The van der Waals surface area contributed by atoms with Crippen molar-refractivity contribution in [1.82, 2.24) is 10.3 Å². The van der Waals surface area contributed by atoms with E-state index in [-0.39, 0.29) is 11.7 Å². The topological polar surface area (TPSA) is 71.2 Å². The molecule has 0 saturated heterocycles. The van der Waals surface area contributed by atoms with E-state index >= 15 is 0 Å². The maximum atomic E-state index is 12.5. The van der Waals surface area contributed by atoms with E-state index < -0.39 is 5.97 Å². The molecule has 0 fully saturated rings. The van der Waals surface area contributed by atoms with E-state index in [4.69, 9.17) is 4.74 Å². The van der Waals surface area contributed by atoms with Gasteiger partial charge in [-0.15, -0.1) is 0 Å². The molecule has 144 valence electrons. The first kappa shape index (κ1) is 19.8. The molecule has 5 nitrogen and oxygen atoms in total. The van der Waals surface area contributed by atoms with E-state index in [2.05, 4.69) is 10.3 Å². The van der Waals surface area contributed by atoms with Crippen LogP contribution in [0.15, 0.2) is 71.9 Å². The lowest BCUT2D eigenvalue weighted by Gasteiger charge is -2.08. The number of esters is 1. The number of amides is 1. The molecule has 2 aromatic carbocycles. The van der Waals surface area contributed by atoms with Gasteiger partial charge in [0.05, 0.1) is 22.9 Å². The highest BCUT2D eigenvalue weighted by Gasteiger charge is 2.22. The van der Waals surface area contributed by atoms with Crippen LogP contribution in [-0.4, -0.2) is 29.2 Å². The van der Waals surface area contributed by atoms with Crippen LogP contribution in [0.1, 0.15) is 22.8 Å². The normalized spacial score (nSPS) is 10.5. The predicted molar refractivity (Wildman–Crippen MR) is 111 cm³/mol. The molecular weight excluding hydrogens is 372 g/mol. The Hall–Kier alpha value is -2.99. The van der Waals surface area contributed by atoms with Crippen molar-refractivity contribution in [2.24, 2.45) is 0 Å². The third-order valence-corrected chi connectivity index (χ3v) is 5.11. The SMILES string of the molecule is CCOC(=O)c1c(-c2ccccc2)c[nH]c1SCC(=O)NCc1ccccc1. The summed E-state index contributed by atoms with van der Waals surface area (Å²) in [7, 11) is 0. The molecule has 1 aromatic heterocycles. The van der Waals surface area contributed by atoms with Gasteiger partial charge < -0.3 is 15.0 Å². The molecule has 0 aliphatic carbocycles. The molecule has 0 atom stereocenters. The summed E-state index contributed by atoms with van der Waals surface area (Å²) in [5.74, 6) is -0.289. The van der Waals surface area contributed by atoms with Crippen molar-refractivity contribution in [3.05, 3.63) is 78.0 Å². The monoisotopic (exact) mass is 394 g/mol. The number of carbonyl (C=O) groups is 2. The van der Waals surface area contributed by atoms with Crippen molar-refractivity contribution in [3.63, 3.8) is 0 Å². The molecule has 1 amide bonds. The standard InChI is InChI=1S/C22H22N2O3S/c1-2-27-22(26)20-18(17-11-7-4-8-12-17)14-24-21(20)28-15-19(25)23-13-16-9-5-3-6-10-16/h3-12,14,24H,2,13,15H2,1H3,(H,23,25). The van der Waals surface area contributed by atoms with Crippen LogP contribution in [-0.2, 0) is 16.1 Å². The van der Waals surface area contributed by atoms with Gasteiger partial charge in [0.1, 0.15) is 0 Å². The molecule has 1 heterocycles. The smallest absolute Gasteiger partial charge is 0.341 e. The Bertz CT molecular complexity index is 923. The van der Waals surface area contributed by atoms with Gasteiger partial charge in [-0.3, -0.25) is 4.79 Å². The quantitative estimate of drug-likeness (QED) is 0.442. The first-order valence-corrected chi connectivity index (χ1v) is 10.0. The van der Waals surface area contributed by atoms with Gasteiger partial charge in [0, 0.05) is 18.3 Å². The average molecular weight is 394 g/mol. The molecule has 0 spiro atoms. The van der Waals surface area contributed by atoms with Crippen LogP contribution >= 0.6 is 11.8 Å². The fourth-order valence-corrected chi connectivity index (χ4v) is 3.61. The summed E-state index contributed by atoms with van der Waals surface area (Å²) in [4.78, 5) is 27.9. The number of thioether (sulfide) groups is 1. The van der Waals surface area contributed by atoms with Gasteiger partial charge in [0.15, 0.2) is 0 Å². The van der Waals surface area contributed by atoms with Crippen molar-refractivity contribution in [2.45, 2.75) is 18.5 Å². The van der Waals surface area contributed by atoms with Crippen molar-refractivity contribution in [3.8, 4) is 11.1 Å². The summed E-state index contributed by atoms with van der Waals surface area (Å²) in [5, 5.41) is 3.52. The Morgan fingerprint density at radius 2 is 1.71 bits per heavy atom. The second-order valence-corrected chi connectivity index (χ2v) is 7.03. The number of aromatic amines is 1. The van der Waals surface area contributed by atoms with E-state index in [9.17, 15) is 9.59 Å². The predicted octanol–water partition coefficient (Wildman–Crippen LogP) is 4.27. The minimum absolute atomic E-state index is 0.0977. The third kappa shape index (κ3) is 5.04. The van der Waals surface area contributed by atoms with Crippen molar-refractivity contribution in [2.75, 3.05) is 12.4 Å². The molecule has 0 saturated carbocycles. The van der Waals surface area contributed by atoms with E-state index in [1.807, 2.05) is 60.7 Å². The lowest BCUT2D eigenvalue weighted by Crippen LogP contribution is -2.24. The van der Waals surface area contributed by atoms with Gasteiger partial charge in [-0.1, -0.05) is 72.4 Å². The minimum atomic E-state index is -0.394. The largest absolute Gasteiger partial charge is 0.462 e. The highest BCUT2D eigenvalue weighted by molar-refractivity contribution is 8.00. The molecule has 0 unspecified atom stereocenters. The van der Waals surface area contributed by atoms with E-state index in [0.29, 0.717) is 23.7 Å². The zero-order chi connectivity index (χ0) is 19.8. The number of aromatic nitrogens is 1. The molecule has 0 aliphatic heterocycles. The van der Waals surface area contributed by atoms with Crippen LogP contribution in [0.3, 0.4) is 0 Å². The zero-order valence-electron chi connectivity index (χ0n) is 15.6. The molecule has 3 rings (SSSR count). The number of benzene rings is 2. The molecule has 2 N–H and O–H groups in total. The van der Waals surface area contributed by atoms with Crippen molar-refractivity contribution < 1.29 is 14.3 Å². The highest BCUT2D eigenvalue weighted by atomic mass is 32.2. The molecule has 3 aromatic rings. The lowest BCUT2D eigenvalue weighted by molar-refractivity contribution is -0.118. The Kier molecular flexibility index (Phi) is 6.92. The number of rotatable bonds is 8. The van der Waals surface area contributed by atoms with Gasteiger partial charge in [0.25, 0.3) is 0 Å². The second kappa shape index (κ2) is 9.80. The number of ether oxygens (including phenoxy) is 1. The van der Waals surface area contributed by atoms with E-state index in [1.54, 1.807) is 13.1 Å². The third-order valence-electron chi connectivity index (χ3n) is 4.09. The highest BCUT2D eigenvalue weighted by Crippen LogP contribution is 2.32. The van der Waals surface area contributed by atoms with Crippen LogP contribution < -0.4 is 5.32 Å². The summed E-state index contributed by atoms with van der Waals surface area (Å²) in [6.45, 7) is 2.54. The molecular formula is C22H22N2O3S. The number of nitrogens with one attached hydrogen (secondary N) is 2. The molecule has 0 radical (unpaired) electrons. The van der Waals surface area contributed by atoms with E-state index in [0.717, 1.165) is 16.7 Å². The van der Waals surface area contributed by atoms with Gasteiger partial charge in [-0.05, 0) is 18.1 Å². The van der Waals surface area contributed by atoms with Crippen LogP contribution in [0.25, 0.3) is 11.1 Å². The number of hydrogen-bond acceptors (Lipinski definition) is 4. The fourth-order valence-electron chi connectivity index (χ4n) is 2.75. The maximum absolute atomic E-state index is 12.5. The molecule has 0 bridgehead atoms. The van der Waals surface area contributed by atoms with Crippen molar-refractivity contribution in [1.29, 1.82) is 0 Å². The molecule has 6 heteroatoms. The van der Waals surface area contributed by atoms with Crippen LogP contribution in [0, 0.1) is 0 Å². The van der Waals surface area contributed by atoms with E-state index in [1.165, 1.54) is 11.8 Å². The second-order valence-electron chi connectivity index (χ2n) is 6.04. The maximum Gasteiger partial charge on any atom is 0.341 e. The Morgan fingerprint density at radius 1 is 1.04 bits per heavy atom. The minimum Gasteiger partial charge on any atom is -0.462 e. The first-order chi connectivity index (χ1) is 13.7. The Balaban J connectivity index is 1.70. The number of hydrogen-bond donors (Lipinski definition) is 2. The van der Waals surface area contributed by atoms with Crippen LogP contribution in [0.4, 0.5) is 0 Å². The van der Waals surface area contributed by atoms with Gasteiger partial charge >= 0.3 is 5.97 Å². The summed E-state index contributed by atoms with van der Waals surface area (Å²) in [5.41, 5.74) is 3.20. The Labute approximate surface area is 168 Å². The van der Waals surface area contributed by atoms with Crippen molar-refractivity contribution >= 4 is 23.6 Å². The zero-order valence-corrected chi connectivity index (χ0v) is 16.4. The lowest BCUT2D eigenvalue weighted by atomic mass is 10.1. The summed E-state index contributed by atoms with van der Waals surface area (Å²) < 4.78 is 5.23.